The van der Waals surface area contributed by atoms with E-state index in [1.165, 1.54) is 0 Å². The first-order chi connectivity index (χ1) is 2.00. The first-order valence-electron chi connectivity index (χ1n) is 0.698. The number of rotatable bonds is 0. The van der Waals surface area contributed by atoms with Gasteiger partial charge in [0, 0.05) is 49.4 Å². The molecule has 103 valence electrons. The van der Waals surface area contributed by atoms with E-state index in [9.17, 15) is 0 Å². The molecule has 0 aromatic rings. The maximum absolute atomic E-state index is 8.74. The van der Waals surface area contributed by atoms with Crippen LogP contribution < -0.4 is 0 Å². The molecule has 0 amide bonds. The zero-order valence-electron chi connectivity index (χ0n) is 6.50. The van der Waals surface area contributed by atoms with Crippen LogP contribution in [0.2, 0.25) is 0 Å². The fourth-order valence-electron chi connectivity index (χ4n) is 0. The maximum Gasteiger partial charge on any atom is 0.394 e. The Morgan fingerprint density at radius 1 is 0.571 bits per heavy atom. The van der Waals surface area contributed by atoms with Crippen molar-refractivity contribution in [1.82, 2.24) is 0 Å². The monoisotopic (exact) mass is 395 g/mol. The van der Waals surface area contributed by atoms with Gasteiger partial charge in [0.25, 0.3) is 0 Å². The molecule has 18 N–H and O–H groups in total. The summed E-state index contributed by atoms with van der Waals surface area (Å²) in [4.78, 5) is 0. The summed E-state index contributed by atoms with van der Waals surface area (Å²) < 4.78 is 31.6. The Kier molecular flexibility index (Phi) is 392. The molecule has 14 heteroatoms. The second-order valence-electron chi connectivity index (χ2n) is 0.448. The van der Waals surface area contributed by atoms with Gasteiger partial charge in [0.1, 0.15) is 0 Å². The molecule has 0 unspecified atom stereocenters. The molecule has 12 nitrogen and oxygen atoms in total. The van der Waals surface area contributed by atoms with Gasteiger partial charge in [-0.1, -0.05) is 0 Å². The van der Waals surface area contributed by atoms with Crippen molar-refractivity contribution in [2.75, 3.05) is 0 Å². The van der Waals surface area contributed by atoms with Crippen LogP contribution in [0, 0.1) is 49.4 Å². The average molecular weight is 394 g/mol. The molecular weight excluding hydrogens is 376 g/mol. The van der Waals surface area contributed by atoms with Gasteiger partial charge < -0.3 is 43.8 Å². The SMILES string of the molecule is O.O.O.O.O.O.O.O.O=S(=O)(O)O.[Eu]. The van der Waals surface area contributed by atoms with Gasteiger partial charge in [-0.3, -0.25) is 9.11 Å². The van der Waals surface area contributed by atoms with E-state index >= 15 is 0 Å². The second-order valence-corrected chi connectivity index (χ2v) is 1.34. The van der Waals surface area contributed by atoms with E-state index in [0.717, 1.165) is 0 Å². The number of hydrogen-bond donors (Lipinski definition) is 2. The van der Waals surface area contributed by atoms with Crippen LogP contribution in [0.15, 0.2) is 0 Å². The van der Waals surface area contributed by atoms with Crippen LogP contribution in [-0.2, 0) is 10.4 Å². The van der Waals surface area contributed by atoms with Gasteiger partial charge in [-0.25, -0.2) is 0 Å². The zero-order valence-corrected chi connectivity index (χ0v) is 9.74. The van der Waals surface area contributed by atoms with Crippen molar-refractivity contribution in [3.63, 3.8) is 0 Å². The molecule has 0 rings (SSSR count). The van der Waals surface area contributed by atoms with Crippen LogP contribution >= 0.6 is 0 Å². The van der Waals surface area contributed by atoms with Gasteiger partial charge in [0.2, 0.25) is 0 Å². The van der Waals surface area contributed by atoms with Crippen LogP contribution in [0.1, 0.15) is 0 Å². The Labute approximate surface area is 120 Å². The summed E-state index contributed by atoms with van der Waals surface area (Å²) >= 11 is 0. The Morgan fingerprint density at radius 3 is 0.571 bits per heavy atom. The summed E-state index contributed by atoms with van der Waals surface area (Å²) in [5, 5.41) is 0. The minimum absolute atomic E-state index is 0. The van der Waals surface area contributed by atoms with E-state index in [1.807, 2.05) is 0 Å². The second kappa shape index (κ2) is 47.9. The summed E-state index contributed by atoms with van der Waals surface area (Å²) in [7, 11) is -4.67. The zero-order chi connectivity index (χ0) is 4.50. The topological polar surface area (TPSA) is 327 Å². The molecule has 0 fully saturated rings. The van der Waals surface area contributed by atoms with E-state index in [2.05, 4.69) is 0 Å². The normalized spacial score (nSPS) is 4.14. The third-order valence-corrected chi connectivity index (χ3v) is 0. The van der Waals surface area contributed by atoms with Crippen LogP contribution in [0.5, 0.6) is 0 Å². The minimum atomic E-state index is -4.67. The Morgan fingerprint density at radius 2 is 0.571 bits per heavy atom. The van der Waals surface area contributed by atoms with Gasteiger partial charge in [-0.2, -0.15) is 8.42 Å². The third kappa shape index (κ3) is 1500. The molecule has 0 spiro atoms. The molecule has 0 aromatic carbocycles. The smallest absolute Gasteiger partial charge is 0.394 e. The Balaban J connectivity index is -0.00000000222. The van der Waals surface area contributed by atoms with Crippen molar-refractivity contribution >= 4 is 10.4 Å². The van der Waals surface area contributed by atoms with Gasteiger partial charge >= 0.3 is 10.4 Å². The van der Waals surface area contributed by atoms with E-state index in [1.54, 1.807) is 0 Å². The molecule has 0 heterocycles. The molecule has 0 aliphatic rings. The van der Waals surface area contributed by atoms with Crippen molar-refractivity contribution in [2.24, 2.45) is 0 Å². The fourth-order valence-corrected chi connectivity index (χ4v) is 0. The summed E-state index contributed by atoms with van der Waals surface area (Å²) in [5.74, 6) is 0. The minimum Gasteiger partial charge on any atom is -0.412 e. The van der Waals surface area contributed by atoms with Crippen LogP contribution in [0.25, 0.3) is 0 Å². The van der Waals surface area contributed by atoms with E-state index in [-0.39, 0.29) is 93.2 Å². The van der Waals surface area contributed by atoms with Crippen molar-refractivity contribution in [3.05, 3.63) is 0 Å². The van der Waals surface area contributed by atoms with E-state index in [0.29, 0.717) is 0 Å². The van der Waals surface area contributed by atoms with Crippen LogP contribution in [0.3, 0.4) is 0 Å². The van der Waals surface area contributed by atoms with Gasteiger partial charge in [-0.15, -0.1) is 0 Å². The molecule has 0 aliphatic carbocycles. The molecule has 0 saturated heterocycles. The largest absolute Gasteiger partial charge is 0.412 e. The Bertz CT molecular complexity index is 93.5. The summed E-state index contributed by atoms with van der Waals surface area (Å²) in [6.07, 6.45) is 0. The van der Waals surface area contributed by atoms with Gasteiger partial charge in [0.05, 0.1) is 0 Å². The predicted octanol–water partition coefficient (Wildman–Crippen LogP) is -7.25. The first-order valence-corrected chi connectivity index (χ1v) is 2.10. The molecule has 14 heavy (non-hydrogen) atoms. The summed E-state index contributed by atoms with van der Waals surface area (Å²) in [6, 6.07) is 0. The van der Waals surface area contributed by atoms with Crippen molar-refractivity contribution in [2.45, 2.75) is 0 Å². The summed E-state index contributed by atoms with van der Waals surface area (Å²) in [5.41, 5.74) is 0. The van der Waals surface area contributed by atoms with Crippen molar-refractivity contribution in [1.29, 1.82) is 0 Å². The van der Waals surface area contributed by atoms with Crippen molar-refractivity contribution < 1.29 is 111 Å². The van der Waals surface area contributed by atoms with Crippen LogP contribution in [-0.4, -0.2) is 61.3 Å². The van der Waals surface area contributed by atoms with E-state index < -0.39 is 10.4 Å². The van der Waals surface area contributed by atoms with Crippen LogP contribution in [0.4, 0.5) is 0 Å². The van der Waals surface area contributed by atoms with Gasteiger partial charge in [0.15, 0.2) is 0 Å². The quantitative estimate of drug-likeness (QED) is 0.378. The molecule has 0 aliphatic heterocycles. The van der Waals surface area contributed by atoms with E-state index in [4.69, 9.17) is 17.5 Å². The summed E-state index contributed by atoms with van der Waals surface area (Å²) in [6.45, 7) is 0. The maximum atomic E-state index is 8.74. The number of hydrogen-bond acceptors (Lipinski definition) is 2. The molecule has 0 bridgehead atoms. The van der Waals surface area contributed by atoms with Crippen molar-refractivity contribution in [3.8, 4) is 0 Å². The third-order valence-electron chi connectivity index (χ3n) is 0. The molecule has 1 radical (unpaired) electrons. The molecular formula is H18EuO12S. The first kappa shape index (κ1) is 115. The average Bonchev–Trinajstić information content (AvgIpc) is 0.722. The molecule has 0 atom stereocenters. The molecule has 0 saturated carbocycles. The standard InChI is InChI=1S/Eu.H2O4S.8H2O/c;1-5(2,3)4;;;;;;;;/h;(H2,1,2,3,4);8*1H2. The predicted molar refractivity (Wildman–Crippen MR) is 43.1 cm³/mol. The Hall–Kier alpha value is 1.13. The molecule has 0 aromatic heterocycles. The van der Waals surface area contributed by atoms with Gasteiger partial charge in [-0.05, 0) is 0 Å². The fraction of sp³-hybridized carbons (Fsp3) is 0.